The van der Waals surface area contributed by atoms with Crippen LogP contribution in [-0.4, -0.2) is 27.4 Å². The highest BCUT2D eigenvalue weighted by Gasteiger charge is 2.08. The highest BCUT2D eigenvalue weighted by Crippen LogP contribution is 2.20. The topological polar surface area (TPSA) is 43.4 Å². The Labute approximate surface area is 104 Å². The molecule has 0 rings (SSSR count). The molecule has 0 saturated heterocycles. The van der Waals surface area contributed by atoms with Crippen LogP contribution in [0.25, 0.3) is 0 Å². The van der Waals surface area contributed by atoms with Crippen molar-refractivity contribution >= 4 is 19.7 Å². The molecule has 98 valence electrons. The normalized spacial score (nSPS) is 13.0. The van der Waals surface area contributed by atoms with Crippen LogP contribution >= 0.6 is 10.7 Å². The Morgan fingerprint density at radius 1 is 1.06 bits per heavy atom. The van der Waals surface area contributed by atoms with E-state index in [4.69, 9.17) is 15.4 Å². The van der Waals surface area contributed by atoms with Crippen LogP contribution in [0.2, 0.25) is 0 Å². The van der Waals surface area contributed by atoms with Crippen LogP contribution in [0.4, 0.5) is 0 Å². The summed E-state index contributed by atoms with van der Waals surface area (Å²) in [7, 11) is 1.75. The van der Waals surface area contributed by atoms with E-state index in [1.165, 1.54) is 0 Å². The molecular weight excluding hydrogens is 248 g/mol. The molecule has 0 aliphatic rings. The Hall–Kier alpha value is 0.200. The van der Waals surface area contributed by atoms with Crippen molar-refractivity contribution in [3.8, 4) is 0 Å². The first-order valence-corrected chi connectivity index (χ1v) is 8.19. The van der Waals surface area contributed by atoms with E-state index in [2.05, 4.69) is 20.8 Å². The molecule has 0 aliphatic carbocycles. The van der Waals surface area contributed by atoms with Gasteiger partial charge in [-0.05, 0) is 31.1 Å². The van der Waals surface area contributed by atoms with E-state index in [1.807, 2.05) is 0 Å². The average molecular weight is 271 g/mol. The fraction of sp³-hybridized carbons (Fsp3) is 1.00. The largest absolute Gasteiger partial charge is 0.381 e. The Balaban J connectivity index is 3.23. The molecule has 0 aromatic heterocycles. The first kappa shape index (κ1) is 16.2. The molecule has 0 aromatic rings. The van der Waals surface area contributed by atoms with Gasteiger partial charge in [0.15, 0.2) is 0 Å². The van der Waals surface area contributed by atoms with Gasteiger partial charge in [-0.25, -0.2) is 8.42 Å². The molecule has 0 amide bonds. The van der Waals surface area contributed by atoms with Gasteiger partial charge in [0.2, 0.25) is 9.05 Å². The highest BCUT2D eigenvalue weighted by atomic mass is 35.7. The van der Waals surface area contributed by atoms with Crippen molar-refractivity contribution in [1.82, 2.24) is 0 Å². The van der Waals surface area contributed by atoms with Crippen molar-refractivity contribution in [1.29, 1.82) is 0 Å². The maximum atomic E-state index is 10.6. The van der Waals surface area contributed by atoms with Crippen LogP contribution in [0.15, 0.2) is 0 Å². The predicted molar refractivity (Wildman–Crippen MR) is 68.4 cm³/mol. The maximum absolute atomic E-state index is 10.6. The number of hydrogen-bond acceptors (Lipinski definition) is 3. The summed E-state index contributed by atoms with van der Waals surface area (Å²) in [6.07, 6.45) is 3.52. The van der Waals surface area contributed by atoms with Gasteiger partial charge in [-0.1, -0.05) is 20.8 Å². The van der Waals surface area contributed by atoms with Crippen molar-refractivity contribution < 1.29 is 13.2 Å². The summed E-state index contributed by atoms with van der Waals surface area (Å²) >= 11 is 0. The first-order chi connectivity index (χ1) is 7.21. The quantitative estimate of drug-likeness (QED) is 0.503. The Bertz CT molecular complexity index is 267. The molecule has 16 heavy (non-hydrogen) atoms. The van der Waals surface area contributed by atoms with Crippen LogP contribution in [0.5, 0.6) is 0 Å². The lowest BCUT2D eigenvalue weighted by molar-refractivity contribution is 0.120. The van der Waals surface area contributed by atoms with Crippen molar-refractivity contribution in [2.75, 3.05) is 19.0 Å². The standard InChI is InChI=1S/C11H23ClO3S/c1-11(2,3)7-6-9-15-8-4-5-10-16(12,13)14/h4-10H2,1-3H3. The monoisotopic (exact) mass is 270 g/mol. The minimum Gasteiger partial charge on any atom is -0.381 e. The van der Waals surface area contributed by atoms with Gasteiger partial charge in [0.25, 0.3) is 0 Å². The van der Waals surface area contributed by atoms with Gasteiger partial charge >= 0.3 is 0 Å². The second-order valence-electron chi connectivity index (χ2n) is 5.23. The highest BCUT2D eigenvalue weighted by molar-refractivity contribution is 8.13. The lowest BCUT2D eigenvalue weighted by Crippen LogP contribution is -2.07. The third kappa shape index (κ3) is 14.2. The van der Waals surface area contributed by atoms with Gasteiger partial charge in [-0.2, -0.15) is 0 Å². The van der Waals surface area contributed by atoms with Crippen LogP contribution < -0.4 is 0 Å². The Morgan fingerprint density at radius 3 is 2.12 bits per heavy atom. The molecule has 0 aliphatic heterocycles. The van der Waals surface area contributed by atoms with Crippen molar-refractivity contribution in [3.05, 3.63) is 0 Å². The lowest BCUT2D eigenvalue weighted by Gasteiger charge is -2.17. The van der Waals surface area contributed by atoms with Crippen LogP contribution in [0.3, 0.4) is 0 Å². The predicted octanol–water partition coefficient (Wildman–Crippen LogP) is 3.18. The number of unbranched alkanes of at least 4 members (excludes halogenated alkanes) is 1. The summed E-state index contributed by atoms with van der Waals surface area (Å²) in [5.74, 6) is 0.0416. The molecular formula is C11H23ClO3S. The molecule has 0 N–H and O–H groups in total. The third-order valence-electron chi connectivity index (χ3n) is 2.14. The van der Waals surface area contributed by atoms with E-state index in [0.29, 0.717) is 18.4 Å². The number of halogens is 1. The van der Waals surface area contributed by atoms with Gasteiger partial charge in [0.05, 0.1) is 5.75 Å². The summed E-state index contributed by atoms with van der Waals surface area (Å²) in [6.45, 7) is 8.00. The van der Waals surface area contributed by atoms with E-state index in [0.717, 1.165) is 25.9 Å². The Kier molecular flexibility index (Phi) is 7.61. The SMILES string of the molecule is CC(C)(C)CCCOCCCCS(=O)(=O)Cl. The summed E-state index contributed by atoms with van der Waals surface area (Å²) < 4.78 is 26.6. The summed E-state index contributed by atoms with van der Waals surface area (Å²) in [5, 5.41) is 0. The molecule has 0 heterocycles. The fourth-order valence-corrected chi connectivity index (χ4v) is 2.16. The van der Waals surface area contributed by atoms with Gasteiger partial charge in [-0.15, -0.1) is 0 Å². The zero-order valence-corrected chi connectivity index (χ0v) is 12.0. The molecule has 0 fully saturated rings. The number of rotatable bonds is 8. The fourth-order valence-electron chi connectivity index (χ4n) is 1.29. The van der Waals surface area contributed by atoms with Crippen LogP contribution in [-0.2, 0) is 13.8 Å². The van der Waals surface area contributed by atoms with E-state index >= 15 is 0 Å². The average Bonchev–Trinajstić information content (AvgIpc) is 2.06. The molecule has 0 unspecified atom stereocenters. The number of ether oxygens (including phenoxy) is 1. The van der Waals surface area contributed by atoms with Crippen molar-refractivity contribution in [2.24, 2.45) is 5.41 Å². The summed E-state index contributed by atoms with van der Waals surface area (Å²) in [4.78, 5) is 0. The Morgan fingerprint density at radius 2 is 1.62 bits per heavy atom. The van der Waals surface area contributed by atoms with E-state index in [-0.39, 0.29) is 5.75 Å². The zero-order valence-electron chi connectivity index (χ0n) is 10.5. The smallest absolute Gasteiger partial charge is 0.232 e. The lowest BCUT2D eigenvalue weighted by atomic mass is 9.91. The van der Waals surface area contributed by atoms with E-state index in [9.17, 15) is 8.42 Å². The molecule has 0 aromatic carbocycles. The minimum absolute atomic E-state index is 0.0416. The molecule has 0 saturated carbocycles. The van der Waals surface area contributed by atoms with E-state index in [1.54, 1.807) is 0 Å². The molecule has 0 atom stereocenters. The summed E-state index contributed by atoms with van der Waals surface area (Å²) in [6, 6.07) is 0. The molecule has 5 heteroatoms. The van der Waals surface area contributed by atoms with E-state index < -0.39 is 9.05 Å². The second kappa shape index (κ2) is 7.51. The van der Waals surface area contributed by atoms with Crippen molar-refractivity contribution in [3.63, 3.8) is 0 Å². The van der Waals surface area contributed by atoms with Gasteiger partial charge < -0.3 is 4.74 Å². The van der Waals surface area contributed by atoms with Gasteiger partial charge in [0, 0.05) is 23.9 Å². The minimum atomic E-state index is -3.32. The van der Waals surface area contributed by atoms with Crippen LogP contribution in [0.1, 0.15) is 46.5 Å². The maximum Gasteiger partial charge on any atom is 0.232 e. The summed E-state index contributed by atoms with van der Waals surface area (Å²) in [5.41, 5.74) is 0.357. The molecule has 0 bridgehead atoms. The zero-order chi connectivity index (χ0) is 12.7. The third-order valence-corrected chi connectivity index (χ3v) is 3.38. The molecule has 3 nitrogen and oxygen atoms in total. The second-order valence-corrected chi connectivity index (χ2v) is 8.12. The van der Waals surface area contributed by atoms with Gasteiger partial charge in [0.1, 0.15) is 0 Å². The number of hydrogen-bond donors (Lipinski definition) is 0. The van der Waals surface area contributed by atoms with Crippen LogP contribution in [0, 0.1) is 5.41 Å². The molecule has 0 spiro atoms. The van der Waals surface area contributed by atoms with Gasteiger partial charge in [-0.3, -0.25) is 0 Å². The molecule has 0 radical (unpaired) electrons. The first-order valence-electron chi connectivity index (χ1n) is 5.71. The van der Waals surface area contributed by atoms with Crippen molar-refractivity contribution in [2.45, 2.75) is 46.5 Å².